The molecule has 0 rings (SSSR count). The van der Waals surface area contributed by atoms with E-state index in [0.29, 0.717) is 0 Å². The molecule has 0 aliphatic carbocycles. The fourth-order valence-electron chi connectivity index (χ4n) is 2.64. The van der Waals surface area contributed by atoms with E-state index in [0.717, 1.165) is 0 Å². The summed E-state index contributed by atoms with van der Waals surface area (Å²) in [4.78, 5) is 21.6. The second kappa shape index (κ2) is 16.9. The minimum absolute atomic E-state index is 0. The van der Waals surface area contributed by atoms with E-state index in [2.05, 4.69) is 27.7 Å². The average molecular weight is 358 g/mol. The first kappa shape index (κ1) is 27.9. The van der Waals surface area contributed by atoms with E-state index in [4.69, 9.17) is 19.2 Å². The maximum Gasteiger partial charge on any atom is 0.466 e. The lowest BCUT2D eigenvalue weighted by molar-refractivity contribution is -0.929. The molecule has 0 radical (unpaired) electrons. The maximum absolute atomic E-state index is 8.88. The van der Waals surface area contributed by atoms with E-state index >= 15 is 0 Å². The van der Waals surface area contributed by atoms with Crippen LogP contribution in [0.4, 0.5) is 0 Å². The number of hydrogen-bond donors (Lipinski definition) is 3. The van der Waals surface area contributed by atoms with Crippen LogP contribution in [0.1, 0.15) is 79.1 Å². The molecule has 0 unspecified atom stereocenters. The van der Waals surface area contributed by atoms with Crippen molar-refractivity contribution in [1.82, 2.24) is 0 Å². The van der Waals surface area contributed by atoms with Crippen LogP contribution in [0.3, 0.4) is 0 Å². The molecule has 0 saturated heterocycles. The molecule has 6 nitrogen and oxygen atoms in total. The van der Waals surface area contributed by atoms with Crippen LogP contribution in [0.15, 0.2) is 0 Å². The van der Waals surface area contributed by atoms with E-state index in [-0.39, 0.29) is 5.48 Å². The zero-order chi connectivity index (χ0) is 17.5. The van der Waals surface area contributed by atoms with Gasteiger partial charge in [-0.25, -0.2) is 4.57 Å². The highest BCUT2D eigenvalue weighted by Crippen LogP contribution is 2.25. The minimum Gasteiger partial charge on any atom is -0.412 e. The van der Waals surface area contributed by atoms with E-state index in [1.807, 2.05) is 0 Å². The Kier molecular flexibility index (Phi) is 20.4. The van der Waals surface area contributed by atoms with E-state index in [1.165, 1.54) is 82.0 Å². The molecule has 0 aliphatic heterocycles. The number of nitrogens with zero attached hydrogens (tertiary/aromatic N) is 1. The number of unbranched alkanes of at least 4 members (excludes halogenated alkanes) is 4. The van der Waals surface area contributed by atoms with Crippen molar-refractivity contribution in [3.05, 3.63) is 0 Å². The Bertz CT molecular complexity index is 238. The fourth-order valence-corrected chi connectivity index (χ4v) is 2.64. The maximum atomic E-state index is 8.88. The topological polar surface area (TPSA) is 109 Å². The van der Waals surface area contributed by atoms with Gasteiger partial charge in [0.25, 0.3) is 0 Å². The van der Waals surface area contributed by atoms with Crippen molar-refractivity contribution in [2.24, 2.45) is 0 Å². The Hall–Kier alpha value is 0.0300. The Labute approximate surface area is 143 Å². The van der Waals surface area contributed by atoms with Gasteiger partial charge in [0.2, 0.25) is 0 Å². The Morgan fingerprint density at radius 1 is 0.652 bits per heavy atom. The zero-order valence-electron chi connectivity index (χ0n) is 15.6. The highest BCUT2D eigenvalue weighted by Gasteiger charge is 2.24. The molecule has 0 spiro atoms. The first-order chi connectivity index (χ1) is 10.2. The summed E-state index contributed by atoms with van der Waals surface area (Å²) in [5.41, 5.74) is 0. The SMILES string of the molecule is CCCC[N+](CCCC)(CCCC)CCCC.O.O=P(O)(O)O. The Morgan fingerprint density at radius 3 is 0.957 bits per heavy atom. The number of quaternary nitrogens is 1. The highest BCUT2D eigenvalue weighted by atomic mass is 31.2. The largest absolute Gasteiger partial charge is 0.466 e. The van der Waals surface area contributed by atoms with Crippen molar-refractivity contribution in [1.29, 1.82) is 0 Å². The van der Waals surface area contributed by atoms with Crippen LogP contribution < -0.4 is 0 Å². The van der Waals surface area contributed by atoms with Gasteiger partial charge in [-0.1, -0.05) is 53.4 Å². The van der Waals surface area contributed by atoms with Crippen molar-refractivity contribution in [3.63, 3.8) is 0 Å². The standard InChI is InChI=1S/C16H36N.H3O4P.H2O/c1-5-9-13-17(14-10-6-2,15-11-7-3)16-12-8-4;1-5(2,3)4;/h5-16H2,1-4H3;(H3,1,2,3,4);1H2/q+1;;. The molecule has 5 N–H and O–H groups in total. The summed E-state index contributed by atoms with van der Waals surface area (Å²) in [6.07, 6.45) is 11.1. The van der Waals surface area contributed by atoms with Gasteiger partial charge in [-0.2, -0.15) is 0 Å². The third-order valence-electron chi connectivity index (χ3n) is 3.94. The normalized spacial score (nSPS) is 11.4. The van der Waals surface area contributed by atoms with Crippen molar-refractivity contribution in [3.8, 4) is 0 Å². The molecule has 7 heteroatoms. The second-order valence-corrected chi connectivity index (χ2v) is 7.19. The summed E-state index contributed by atoms with van der Waals surface area (Å²) in [6.45, 7) is 15.0. The number of hydrogen-bond acceptors (Lipinski definition) is 1. The Balaban J connectivity index is -0.000000578. The summed E-state index contributed by atoms with van der Waals surface area (Å²) < 4.78 is 10.3. The quantitative estimate of drug-likeness (QED) is 0.367. The molecule has 0 fully saturated rings. The molecule has 0 saturated carbocycles. The summed E-state index contributed by atoms with van der Waals surface area (Å²) in [7, 11) is -4.64. The summed E-state index contributed by atoms with van der Waals surface area (Å²) in [6, 6.07) is 0. The minimum atomic E-state index is -4.64. The van der Waals surface area contributed by atoms with Crippen LogP contribution in [-0.2, 0) is 4.57 Å². The van der Waals surface area contributed by atoms with Crippen LogP contribution in [0.25, 0.3) is 0 Å². The van der Waals surface area contributed by atoms with Crippen LogP contribution in [0, 0.1) is 0 Å². The average Bonchev–Trinajstić information content (AvgIpc) is 2.44. The molecule has 0 heterocycles. The van der Waals surface area contributed by atoms with Gasteiger partial charge in [-0.15, -0.1) is 0 Å². The smallest absolute Gasteiger partial charge is 0.412 e. The number of rotatable bonds is 12. The second-order valence-electron chi connectivity index (χ2n) is 6.16. The fraction of sp³-hybridized carbons (Fsp3) is 1.00. The summed E-state index contributed by atoms with van der Waals surface area (Å²) >= 11 is 0. The predicted molar refractivity (Wildman–Crippen MR) is 97.2 cm³/mol. The van der Waals surface area contributed by atoms with Crippen LogP contribution in [-0.4, -0.2) is 50.8 Å². The van der Waals surface area contributed by atoms with Gasteiger partial charge in [0.05, 0.1) is 26.2 Å². The van der Waals surface area contributed by atoms with Gasteiger partial charge in [0, 0.05) is 0 Å². The molecule has 0 amide bonds. The first-order valence-corrected chi connectivity index (χ1v) is 10.4. The molecule has 144 valence electrons. The molecular weight excluding hydrogens is 317 g/mol. The van der Waals surface area contributed by atoms with Gasteiger partial charge in [-0.05, 0) is 25.7 Å². The first-order valence-electron chi connectivity index (χ1n) is 8.88. The van der Waals surface area contributed by atoms with Gasteiger partial charge in [-0.3, -0.25) is 0 Å². The molecule has 0 atom stereocenters. The lowest BCUT2D eigenvalue weighted by Crippen LogP contribution is -2.50. The monoisotopic (exact) mass is 358 g/mol. The molecule has 0 aromatic heterocycles. The van der Waals surface area contributed by atoms with Crippen LogP contribution >= 0.6 is 7.82 Å². The predicted octanol–water partition coefficient (Wildman–Crippen LogP) is 3.25. The van der Waals surface area contributed by atoms with Crippen molar-refractivity contribution >= 4 is 7.82 Å². The van der Waals surface area contributed by atoms with Gasteiger partial charge in [0.15, 0.2) is 0 Å². The summed E-state index contributed by atoms with van der Waals surface area (Å²) in [5, 5.41) is 0. The Morgan fingerprint density at radius 2 is 0.826 bits per heavy atom. The highest BCUT2D eigenvalue weighted by molar-refractivity contribution is 7.45. The molecule has 0 aromatic carbocycles. The van der Waals surface area contributed by atoms with E-state index in [1.54, 1.807) is 0 Å². The van der Waals surface area contributed by atoms with Crippen molar-refractivity contribution in [2.75, 3.05) is 26.2 Å². The molecule has 0 aromatic rings. The van der Waals surface area contributed by atoms with Crippen LogP contribution in [0.2, 0.25) is 0 Å². The van der Waals surface area contributed by atoms with Gasteiger partial charge >= 0.3 is 7.82 Å². The third-order valence-corrected chi connectivity index (χ3v) is 3.94. The lowest BCUT2D eigenvalue weighted by Gasteiger charge is -2.39. The molecular formula is C16H41NO5P+. The zero-order valence-corrected chi connectivity index (χ0v) is 16.5. The molecule has 23 heavy (non-hydrogen) atoms. The van der Waals surface area contributed by atoms with Crippen LogP contribution in [0.5, 0.6) is 0 Å². The summed E-state index contributed by atoms with van der Waals surface area (Å²) in [5.74, 6) is 0. The third kappa shape index (κ3) is 22.0. The number of phosphoric acid groups is 1. The molecule has 0 bridgehead atoms. The van der Waals surface area contributed by atoms with Crippen molar-refractivity contribution < 1.29 is 29.2 Å². The molecule has 0 aliphatic rings. The van der Waals surface area contributed by atoms with Crippen molar-refractivity contribution in [2.45, 2.75) is 79.1 Å². The van der Waals surface area contributed by atoms with E-state index < -0.39 is 7.82 Å². The lowest BCUT2D eigenvalue weighted by atomic mass is 10.1. The van der Waals surface area contributed by atoms with Gasteiger partial charge < -0.3 is 24.6 Å². The van der Waals surface area contributed by atoms with Gasteiger partial charge in [0.1, 0.15) is 0 Å². The van der Waals surface area contributed by atoms with E-state index in [9.17, 15) is 0 Å².